The molecule has 0 fully saturated rings. The highest BCUT2D eigenvalue weighted by molar-refractivity contribution is 7.89. The Morgan fingerprint density at radius 1 is 1.00 bits per heavy atom. The van der Waals surface area contributed by atoms with Crippen LogP contribution in [-0.4, -0.2) is 67.9 Å². The van der Waals surface area contributed by atoms with Gasteiger partial charge in [-0.05, 0) is 80.8 Å². The number of amides is 2. The van der Waals surface area contributed by atoms with E-state index >= 15 is 0 Å². The normalized spacial score (nSPS) is 14.1. The molecule has 41 heavy (non-hydrogen) atoms. The van der Waals surface area contributed by atoms with E-state index in [1.165, 1.54) is 23.5 Å². The van der Waals surface area contributed by atoms with Crippen molar-refractivity contribution in [2.75, 3.05) is 25.9 Å². The van der Waals surface area contributed by atoms with Gasteiger partial charge in [-0.3, -0.25) is 4.79 Å². The number of nitrogens with two attached hydrogens (primary N) is 3. The number of ether oxygens (including phenoxy) is 1. The van der Waals surface area contributed by atoms with Gasteiger partial charge >= 0.3 is 6.09 Å². The molecule has 2 aromatic rings. The highest BCUT2D eigenvalue weighted by Gasteiger charge is 2.33. The van der Waals surface area contributed by atoms with Crippen molar-refractivity contribution in [2.45, 2.75) is 75.9 Å². The van der Waals surface area contributed by atoms with Gasteiger partial charge < -0.3 is 21.9 Å². The van der Waals surface area contributed by atoms with Crippen LogP contribution in [0.15, 0.2) is 53.4 Å². The average molecular weight is 610 g/mol. The molecule has 3 atom stereocenters. The molecule has 0 aliphatic carbocycles. The summed E-state index contributed by atoms with van der Waals surface area (Å²) in [6.07, 6.45) is 1.34. The smallest absolute Gasteiger partial charge is 0.416 e. The summed E-state index contributed by atoms with van der Waals surface area (Å²) in [5.41, 5.74) is 19.2. The minimum absolute atomic E-state index is 0.114. The van der Waals surface area contributed by atoms with E-state index in [0.717, 1.165) is 4.90 Å². The Bertz CT molecular complexity index is 1240. The van der Waals surface area contributed by atoms with E-state index in [1.807, 2.05) is 13.8 Å². The van der Waals surface area contributed by atoms with Crippen LogP contribution >= 0.6 is 11.6 Å². The Morgan fingerprint density at radius 3 is 2.20 bits per heavy atom. The summed E-state index contributed by atoms with van der Waals surface area (Å²) in [7, 11) is -2.63. The van der Waals surface area contributed by atoms with Crippen LogP contribution in [-0.2, 0) is 26.0 Å². The zero-order valence-electron chi connectivity index (χ0n) is 24.3. The first-order valence-electron chi connectivity index (χ1n) is 13.8. The second-order valence-corrected chi connectivity index (χ2v) is 12.9. The van der Waals surface area contributed by atoms with Gasteiger partial charge in [0.1, 0.15) is 0 Å². The third kappa shape index (κ3) is 9.68. The Morgan fingerprint density at radius 2 is 1.63 bits per heavy atom. The van der Waals surface area contributed by atoms with Crippen molar-refractivity contribution < 1.29 is 22.7 Å². The van der Waals surface area contributed by atoms with E-state index in [1.54, 1.807) is 43.3 Å². The summed E-state index contributed by atoms with van der Waals surface area (Å²) in [5, 5.41) is 0.484. The number of carbonyl (C=O) groups excluding carboxylic acids is 2. The van der Waals surface area contributed by atoms with Crippen LogP contribution in [0.2, 0.25) is 5.02 Å². The van der Waals surface area contributed by atoms with Crippen molar-refractivity contribution in [1.82, 2.24) is 9.21 Å². The monoisotopic (exact) mass is 609 g/mol. The lowest BCUT2D eigenvalue weighted by Crippen LogP contribution is -2.51. The van der Waals surface area contributed by atoms with Crippen LogP contribution < -0.4 is 17.2 Å². The number of imide groups is 1. The second-order valence-electron chi connectivity index (χ2n) is 10.6. The first kappa shape index (κ1) is 34.5. The molecule has 0 aliphatic heterocycles. The number of carbonyl (C=O) groups is 2. The molecule has 0 bridgehead atoms. The fraction of sp³-hybridized carbons (Fsp3) is 0.517. The molecule has 0 aromatic heterocycles. The summed E-state index contributed by atoms with van der Waals surface area (Å²) in [6.45, 7) is 6.22. The lowest BCUT2D eigenvalue weighted by molar-refractivity contribution is -0.132. The van der Waals surface area contributed by atoms with Crippen molar-refractivity contribution >= 4 is 39.3 Å². The number of anilines is 1. The Labute approximate surface area is 249 Å². The summed E-state index contributed by atoms with van der Waals surface area (Å²) >= 11 is 6.23. The summed E-state index contributed by atoms with van der Waals surface area (Å²) in [6, 6.07) is 11.1. The maximum atomic E-state index is 13.6. The molecule has 228 valence electrons. The van der Waals surface area contributed by atoms with Gasteiger partial charge in [0.2, 0.25) is 15.9 Å². The number of rotatable bonds is 15. The maximum Gasteiger partial charge on any atom is 0.416 e. The van der Waals surface area contributed by atoms with Gasteiger partial charge in [-0.25, -0.2) is 18.1 Å². The molecule has 12 heteroatoms. The summed E-state index contributed by atoms with van der Waals surface area (Å²) in [5.74, 6) is -0.295. The van der Waals surface area contributed by atoms with Crippen molar-refractivity contribution in [1.29, 1.82) is 0 Å². The minimum atomic E-state index is -3.84. The van der Waals surface area contributed by atoms with E-state index in [-0.39, 0.29) is 23.8 Å². The Kier molecular flexibility index (Phi) is 13.5. The molecule has 0 saturated carbocycles. The van der Waals surface area contributed by atoms with Crippen LogP contribution in [0, 0.1) is 5.92 Å². The number of nitrogens with zero attached hydrogens (tertiary/aromatic N) is 2. The van der Waals surface area contributed by atoms with Gasteiger partial charge in [0.05, 0.1) is 18.0 Å². The molecule has 0 radical (unpaired) electrons. The number of nitrogen functional groups attached to an aromatic ring is 1. The number of sulfonamides is 1. The average Bonchev–Trinajstić information content (AvgIpc) is 2.93. The molecule has 6 N–H and O–H groups in total. The summed E-state index contributed by atoms with van der Waals surface area (Å²) < 4.78 is 33.6. The third-order valence-corrected chi connectivity index (χ3v) is 9.35. The molecular formula is C29H44ClN5O5S. The van der Waals surface area contributed by atoms with Crippen LogP contribution in [0.3, 0.4) is 0 Å². The van der Waals surface area contributed by atoms with Crippen molar-refractivity contribution in [2.24, 2.45) is 17.4 Å². The van der Waals surface area contributed by atoms with E-state index in [2.05, 4.69) is 0 Å². The molecular weight excluding hydrogens is 566 g/mol. The number of methoxy groups -OCH3 is 1. The van der Waals surface area contributed by atoms with Gasteiger partial charge in [-0.1, -0.05) is 43.6 Å². The van der Waals surface area contributed by atoms with Gasteiger partial charge in [0.25, 0.3) is 0 Å². The predicted octanol–water partition coefficient (Wildman–Crippen LogP) is 4.01. The van der Waals surface area contributed by atoms with Crippen molar-refractivity contribution in [3.8, 4) is 0 Å². The van der Waals surface area contributed by atoms with E-state index < -0.39 is 40.1 Å². The number of halogens is 1. The maximum absolute atomic E-state index is 13.6. The molecule has 0 aliphatic rings. The molecule has 0 saturated heterocycles. The highest BCUT2D eigenvalue weighted by atomic mass is 35.5. The number of hydrogen-bond acceptors (Lipinski definition) is 8. The fourth-order valence-electron chi connectivity index (χ4n) is 4.57. The Balaban J connectivity index is 2.16. The lowest BCUT2D eigenvalue weighted by atomic mass is 10.0. The predicted molar refractivity (Wildman–Crippen MR) is 163 cm³/mol. The molecule has 0 spiro atoms. The quantitative estimate of drug-likeness (QED) is 0.255. The second kappa shape index (κ2) is 16.1. The zero-order chi connectivity index (χ0) is 30.7. The third-order valence-electron chi connectivity index (χ3n) is 7.02. The highest BCUT2D eigenvalue weighted by Crippen LogP contribution is 2.24. The van der Waals surface area contributed by atoms with Crippen molar-refractivity contribution in [3.63, 3.8) is 0 Å². The van der Waals surface area contributed by atoms with Crippen LogP contribution in [0.1, 0.15) is 52.0 Å². The number of benzene rings is 2. The molecule has 0 heterocycles. The molecule has 2 aromatic carbocycles. The lowest BCUT2D eigenvalue weighted by Gasteiger charge is -2.32. The van der Waals surface area contributed by atoms with Gasteiger partial charge in [-0.15, -0.1) is 0 Å². The number of hydrogen-bond donors (Lipinski definition) is 3. The first-order chi connectivity index (χ1) is 19.3. The Hall–Kier alpha value is -2.70. The van der Waals surface area contributed by atoms with Crippen LogP contribution in [0.25, 0.3) is 0 Å². The van der Waals surface area contributed by atoms with Gasteiger partial charge in [-0.2, -0.15) is 4.31 Å². The van der Waals surface area contributed by atoms with Crippen LogP contribution in [0.4, 0.5) is 10.5 Å². The molecule has 0 unspecified atom stereocenters. The van der Waals surface area contributed by atoms with Gasteiger partial charge in [0, 0.05) is 35.9 Å². The zero-order valence-corrected chi connectivity index (χ0v) is 25.9. The molecule has 2 rings (SSSR count). The van der Waals surface area contributed by atoms with Crippen LogP contribution in [0.5, 0.6) is 0 Å². The topological polar surface area (TPSA) is 162 Å². The SMILES string of the molecule is COC(=O)N(C(=O)[C@@H](N)Cc1ccccc1Cl)[C@@H](C)CCC[C@@H](CN)N(CCC(C)C)S(=O)(=O)c1ccc(N)cc1. The molecule has 10 nitrogen and oxygen atoms in total. The molecule has 2 amide bonds. The first-order valence-corrected chi connectivity index (χ1v) is 15.6. The minimum Gasteiger partial charge on any atom is -0.452 e. The standard InChI is InChI=1S/C29H44ClN5O5S/c1-20(2)16-17-34(41(38,39)25-14-12-23(32)13-15-25)24(19-31)10-7-8-21(3)35(29(37)40-4)28(36)27(33)18-22-9-5-6-11-26(22)30/h5-6,9,11-15,20-21,24,27H,7-8,10,16-19,31-33H2,1-4H3/t21-,24-,27-/m0/s1. The van der Waals surface area contributed by atoms with E-state index in [9.17, 15) is 18.0 Å². The van der Waals surface area contributed by atoms with E-state index in [0.29, 0.717) is 48.5 Å². The largest absolute Gasteiger partial charge is 0.452 e. The fourth-order valence-corrected chi connectivity index (χ4v) is 6.46. The van der Waals surface area contributed by atoms with E-state index in [4.69, 9.17) is 33.5 Å². The van der Waals surface area contributed by atoms with Crippen molar-refractivity contribution in [3.05, 3.63) is 59.1 Å². The van der Waals surface area contributed by atoms with Gasteiger partial charge in [0.15, 0.2) is 0 Å². The summed E-state index contributed by atoms with van der Waals surface area (Å²) in [4.78, 5) is 27.1.